The molecule has 4 aromatic carbocycles. The summed E-state index contributed by atoms with van der Waals surface area (Å²) in [6.45, 7) is 2.18. The van der Waals surface area contributed by atoms with Crippen LogP contribution >= 0.6 is 34.5 Å². The third-order valence-corrected chi connectivity index (χ3v) is 8.80. The van der Waals surface area contributed by atoms with Gasteiger partial charge in [-0.1, -0.05) is 89.1 Å². The Morgan fingerprint density at radius 1 is 0.957 bits per heavy atom. The van der Waals surface area contributed by atoms with Crippen LogP contribution in [0.4, 0.5) is 0 Å². The molecule has 0 saturated heterocycles. The summed E-state index contributed by atoms with van der Waals surface area (Å²) in [6, 6.07) is 28.5. The molecular weight excluding hydrogens is 643 g/mol. The van der Waals surface area contributed by atoms with Crippen molar-refractivity contribution in [2.75, 3.05) is 13.7 Å². The summed E-state index contributed by atoms with van der Waals surface area (Å²) in [5.74, 6) is 0.637. The van der Waals surface area contributed by atoms with Crippen molar-refractivity contribution >= 4 is 52.3 Å². The van der Waals surface area contributed by atoms with Crippen molar-refractivity contribution in [3.05, 3.63) is 155 Å². The van der Waals surface area contributed by atoms with Crippen LogP contribution in [0.5, 0.6) is 11.5 Å². The van der Waals surface area contributed by atoms with E-state index in [9.17, 15) is 9.59 Å². The number of nitrogens with zero attached hydrogens (tertiary/aromatic N) is 2. The van der Waals surface area contributed by atoms with E-state index in [1.807, 2.05) is 60.7 Å². The first-order valence-corrected chi connectivity index (χ1v) is 16.0. The van der Waals surface area contributed by atoms with Gasteiger partial charge in [0.15, 0.2) is 4.80 Å². The highest BCUT2D eigenvalue weighted by Gasteiger charge is 2.35. The van der Waals surface area contributed by atoms with Crippen molar-refractivity contribution in [2.45, 2.75) is 19.6 Å². The van der Waals surface area contributed by atoms with E-state index in [2.05, 4.69) is 0 Å². The maximum Gasteiger partial charge on any atom is 0.338 e. The molecule has 1 aliphatic heterocycles. The second-order valence-electron chi connectivity index (χ2n) is 10.3. The number of rotatable bonds is 9. The van der Waals surface area contributed by atoms with Crippen molar-refractivity contribution in [3.8, 4) is 11.5 Å². The normalized spacial score (nSPS) is 14.4. The van der Waals surface area contributed by atoms with Gasteiger partial charge in [-0.15, -0.1) is 0 Å². The molecule has 6 rings (SSSR count). The van der Waals surface area contributed by atoms with Gasteiger partial charge in [-0.25, -0.2) is 9.79 Å². The molecule has 1 atom stereocenters. The van der Waals surface area contributed by atoms with Crippen LogP contribution in [0.2, 0.25) is 10.0 Å². The van der Waals surface area contributed by atoms with Gasteiger partial charge in [0, 0.05) is 21.2 Å². The summed E-state index contributed by atoms with van der Waals surface area (Å²) in [5, 5.41) is 1.10. The molecular formula is C36H28Cl2N2O5S. The number of halogens is 2. The van der Waals surface area contributed by atoms with Crippen LogP contribution in [0.1, 0.15) is 35.2 Å². The zero-order chi connectivity index (χ0) is 32.2. The Balaban J connectivity index is 1.54. The van der Waals surface area contributed by atoms with E-state index in [0.717, 1.165) is 11.1 Å². The Morgan fingerprint density at radius 3 is 2.43 bits per heavy atom. The second kappa shape index (κ2) is 13.8. The van der Waals surface area contributed by atoms with E-state index in [1.165, 1.54) is 11.3 Å². The molecule has 0 spiro atoms. The fourth-order valence-corrected chi connectivity index (χ4v) is 6.62. The minimum Gasteiger partial charge on any atom is -0.497 e. The molecule has 0 N–H and O–H groups in total. The molecule has 0 bridgehead atoms. The fourth-order valence-electron chi connectivity index (χ4n) is 5.23. The highest BCUT2D eigenvalue weighted by atomic mass is 35.5. The molecule has 0 unspecified atom stereocenters. The summed E-state index contributed by atoms with van der Waals surface area (Å²) in [7, 11) is 1.58. The highest BCUT2D eigenvalue weighted by molar-refractivity contribution is 7.07. The Morgan fingerprint density at radius 2 is 1.72 bits per heavy atom. The van der Waals surface area contributed by atoms with Gasteiger partial charge >= 0.3 is 5.97 Å². The average molecular weight is 672 g/mol. The van der Waals surface area contributed by atoms with Crippen molar-refractivity contribution < 1.29 is 19.0 Å². The quantitative estimate of drug-likeness (QED) is 0.161. The van der Waals surface area contributed by atoms with Gasteiger partial charge in [0.2, 0.25) is 0 Å². The predicted octanol–water partition coefficient (Wildman–Crippen LogP) is 6.83. The van der Waals surface area contributed by atoms with Crippen molar-refractivity contribution in [1.29, 1.82) is 0 Å². The smallest absolute Gasteiger partial charge is 0.338 e. The van der Waals surface area contributed by atoms with Gasteiger partial charge in [-0.05, 0) is 66.6 Å². The van der Waals surface area contributed by atoms with E-state index in [-0.39, 0.29) is 24.3 Å². The lowest BCUT2D eigenvalue weighted by Gasteiger charge is -2.26. The topological polar surface area (TPSA) is 79.1 Å². The van der Waals surface area contributed by atoms with Gasteiger partial charge in [0.05, 0.1) is 35.6 Å². The van der Waals surface area contributed by atoms with E-state index in [4.69, 9.17) is 42.4 Å². The molecule has 0 amide bonds. The predicted molar refractivity (Wildman–Crippen MR) is 181 cm³/mol. The summed E-state index contributed by atoms with van der Waals surface area (Å²) in [5.41, 5.74) is 3.34. The summed E-state index contributed by atoms with van der Waals surface area (Å²) in [6.07, 6.45) is 1.74. The van der Waals surface area contributed by atoms with Gasteiger partial charge in [0.1, 0.15) is 18.1 Å². The number of thiazole rings is 1. The largest absolute Gasteiger partial charge is 0.497 e. The maximum absolute atomic E-state index is 14.3. The van der Waals surface area contributed by atoms with Gasteiger partial charge < -0.3 is 14.2 Å². The number of methoxy groups -OCH3 is 1. The van der Waals surface area contributed by atoms with Gasteiger partial charge in [-0.3, -0.25) is 9.36 Å². The van der Waals surface area contributed by atoms with Gasteiger partial charge in [0.25, 0.3) is 5.56 Å². The van der Waals surface area contributed by atoms with E-state index >= 15 is 0 Å². The minimum absolute atomic E-state index is 0.164. The average Bonchev–Trinajstić information content (AvgIpc) is 3.38. The van der Waals surface area contributed by atoms with Crippen LogP contribution in [0, 0.1) is 0 Å². The first-order chi connectivity index (χ1) is 22.4. The van der Waals surface area contributed by atoms with Crippen molar-refractivity contribution in [1.82, 2.24) is 4.57 Å². The molecule has 232 valence electrons. The Labute approximate surface area is 279 Å². The number of fused-ring (bicyclic) bond motifs is 1. The lowest BCUT2D eigenvalue weighted by Crippen LogP contribution is -2.40. The van der Waals surface area contributed by atoms with Crippen LogP contribution in [0.15, 0.2) is 112 Å². The molecule has 5 aromatic rings. The molecule has 0 aliphatic carbocycles. The van der Waals surface area contributed by atoms with E-state index in [0.29, 0.717) is 47.7 Å². The van der Waals surface area contributed by atoms with Crippen LogP contribution in [-0.2, 0) is 16.1 Å². The van der Waals surface area contributed by atoms with Crippen LogP contribution in [0.3, 0.4) is 0 Å². The van der Waals surface area contributed by atoms with Crippen LogP contribution in [-0.4, -0.2) is 24.3 Å². The molecule has 1 aromatic heterocycles. The first kappa shape index (κ1) is 31.4. The molecule has 0 saturated carbocycles. The number of aromatic nitrogens is 1. The number of benzene rings is 4. The van der Waals surface area contributed by atoms with Crippen LogP contribution in [0.25, 0.3) is 11.8 Å². The zero-order valence-corrected chi connectivity index (χ0v) is 27.2. The first-order valence-electron chi connectivity index (χ1n) is 14.5. The monoisotopic (exact) mass is 670 g/mol. The van der Waals surface area contributed by atoms with E-state index < -0.39 is 12.0 Å². The molecule has 0 radical (unpaired) electrons. The second-order valence-corrected chi connectivity index (χ2v) is 12.2. The minimum atomic E-state index is -0.809. The van der Waals surface area contributed by atoms with Gasteiger partial charge in [-0.2, -0.15) is 0 Å². The highest BCUT2D eigenvalue weighted by Crippen LogP contribution is 2.36. The Bertz CT molecular complexity index is 2120. The Hall–Kier alpha value is -4.63. The molecule has 10 heteroatoms. The molecule has 1 aliphatic rings. The number of carbonyl (C=O) groups is 1. The number of hydrogen-bond acceptors (Lipinski definition) is 7. The molecule has 0 fully saturated rings. The fraction of sp³-hybridized carbons (Fsp3) is 0.139. The van der Waals surface area contributed by atoms with Crippen LogP contribution < -0.4 is 24.4 Å². The van der Waals surface area contributed by atoms with Crippen molar-refractivity contribution in [3.63, 3.8) is 0 Å². The SMILES string of the molecule is CCOC(=O)C1=C(c2ccccc2)N=c2s/c(=C\c3cc(Cl)ccc3OCc3cccc(Cl)c3)c(=O)n2[C@H]1c1ccc(OC)cc1. The lowest BCUT2D eigenvalue weighted by atomic mass is 9.93. The van der Waals surface area contributed by atoms with E-state index in [1.54, 1.807) is 61.1 Å². The number of esters is 1. The number of hydrogen-bond donors (Lipinski definition) is 0. The Kier molecular flexibility index (Phi) is 9.40. The zero-order valence-electron chi connectivity index (χ0n) is 24.9. The summed E-state index contributed by atoms with van der Waals surface area (Å²) in [4.78, 5) is 33.3. The summed E-state index contributed by atoms with van der Waals surface area (Å²) >= 11 is 13.8. The van der Waals surface area contributed by atoms with Crippen molar-refractivity contribution in [2.24, 2.45) is 4.99 Å². The molecule has 46 heavy (non-hydrogen) atoms. The third-order valence-electron chi connectivity index (χ3n) is 7.35. The molecule has 2 heterocycles. The number of ether oxygens (including phenoxy) is 3. The third kappa shape index (κ3) is 6.51. The maximum atomic E-state index is 14.3. The summed E-state index contributed by atoms with van der Waals surface area (Å²) < 4.78 is 19.0. The number of carbonyl (C=O) groups excluding carboxylic acids is 1. The standard InChI is InChI=1S/C36H28Cl2N2O5S/c1-3-44-35(42)31-32(23-9-5-4-6-10-23)39-36-40(33(31)24-12-15-28(43-2)16-13-24)34(41)30(46-36)20-25-19-27(38)14-17-29(25)45-21-22-8-7-11-26(37)18-22/h4-20,33H,3,21H2,1-2H3/b30-20-/t33-/m0/s1. The molecule has 7 nitrogen and oxygen atoms in total. The lowest BCUT2D eigenvalue weighted by molar-refractivity contribution is -0.138.